The molecular weight excluding hydrogens is 243 g/mol. The van der Waals surface area contributed by atoms with E-state index in [0.29, 0.717) is 15.0 Å². The molecule has 0 radical (unpaired) electrons. The fourth-order valence-corrected chi connectivity index (χ4v) is 2.63. The molecule has 14 heavy (non-hydrogen) atoms. The monoisotopic (exact) mass is 256 g/mol. The molecule has 0 aliphatic heterocycles. The van der Waals surface area contributed by atoms with Crippen molar-refractivity contribution in [2.45, 2.75) is 12.7 Å². The van der Waals surface area contributed by atoms with Gasteiger partial charge in [0.25, 0.3) is 0 Å². The average Bonchev–Trinajstić information content (AvgIpc) is 2.16. The van der Waals surface area contributed by atoms with E-state index in [2.05, 4.69) is 11.9 Å². The van der Waals surface area contributed by atoms with Crippen LogP contribution in [0.2, 0.25) is 5.82 Å². The van der Waals surface area contributed by atoms with Gasteiger partial charge < -0.3 is 0 Å². The first-order valence-corrected chi connectivity index (χ1v) is 6.76. The number of carbonyl (C=O) groups is 1. The topological polar surface area (TPSA) is 37.3 Å². The van der Waals surface area contributed by atoms with Crippen LogP contribution in [0.15, 0.2) is 30.3 Å². The van der Waals surface area contributed by atoms with Gasteiger partial charge in [-0.2, -0.15) is 0 Å². The molecule has 0 saturated carbocycles. The van der Waals surface area contributed by atoms with E-state index in [9.17, 15) is 4.79 Å². The zero-order valence-electron chi connectivity index (χ0n) is 8.15. The number of rotatable bonds is 3. The summed E-state index contributed by atoms with van der Waals surface area (Å²) in [6, 6.07) is 7.94. The molecule has 0 saturated heterocycles. The molecule has 1 N–H and O–H groups in total. The van der Waals surface area contributed by atoms with E-state index < -0.39 is 5.97 Å². The molecule has 1 rings (SSSR count). The van der Waals surface area contributed by atoms with Crippen molar-refractivity contribution in [3.05, 3.63) is 35.9 Å². The molecule has 0 spiro atoms. The zero-order chi connectivity index (χ0) is 10.6. The third kappa shape index (κ3) is 2.72. The molecule has 0 aliphatic carbocycles. The number of aliphatic carboxylic acids is 1. The summed E-state index contributed by atoms with van der Waals surface area (Å²) in [6.45, 7) is 1.83. The first kappa shape index (κ1) is 11.0. The minimum absolute atomic E-state index is 0.393. The molecule has 1 aromatic carbocycles. The first-order valence-electron chi connectivity index (χ1n) is 4.19. The van der Waals surface area contributed by atoms with E-state index in [0.717, 1.165) is 11.1 Å². The minimum atomic E-state index is -0.888. The molecule has 1 aromatic rings. The second-order valence-corrected chi connectivity index (χ2v) is 4.65. The van der Waals surface area contributed by atoms with Crippen LogP contribution in [0.1, 0.15) is 12.5 Å². The fourth-order valence-electron chi connectivity index (χ4n) is 1.23. The van der Waals surface area contributed by atoms with Crippen LogP contribution in [0, 0.1) is 0 Å². The standard InChI is InChI=1S/C11H12O2Se/c1-8(7-11(12)13)9-5-3-4-6-10(9)14-2/h3-7H,1-2H3,(H,12,13)/b8-7+. The normalized spacial score (nSPS) is 11.4. The van der Waals surface area contributed by atoms with Crippen molar-refractivity contribution >= 4 is 31.0 Å². The van der Waals surface area contributed by atoms with Crippen molar-refractivity contribution in [2.24, 2.45) is 0 Å². The molecule has 0 amide bonds. The SMILES string of the molecule is C[Se]c1ccccc1/C(C)=C/C(=O)O. The summed E-state index contributed by atoms with van der Waals surface area (Å²) in [5.41, 5.74) is 1.87. The van der Waals surface area contributed by atoms with Crippen molar-refractivity contribution in [3.63, 3.8) is 0 Å². The molecule has 0 fully saturated rings. The molecule has 0 heterocycles. The van der Waals surface area contributed by atoms with Gasteiger partial charge in [-0.25, -0.2) is 0 Å². The van der Waals surface area contributed by atoms with Crippen molar-refractivity contribution in [1.82, 2.24) is 0 Å². The number of benzene rings is 1. The van der Waals surface area contributed by atoms with Crippen molar-refractivity contribution in [2.75, 3.05) is 0 Å². The van der Waals surface area contributed by atoms with E-state index in [-0.39, 0.29) is 0 Å². The van der Waals surface area contributed by atoms with Gasteiger partial charge >= 0.3 is 89.5 Å². The van der Waals surface area contributed by atoms with Gasteiger partial charge in [0.1, 0.15) is 0 Å². The second kappa shape index (κ2) is 4.99. The predicted octanol–water partition coefficient (Wildman–Crippen LogP) is 1.55. The summed E-state index contributed by atoms with van der Waals surface area (Å²) in [6.07, 6.45) is 1.25. The number of hydrogen-bond acceptors (Lipinski definition) is 1. The summed E-state index contributed by atoms with van der Waals surface area (Å²) in [4.78, 5) is 10.5. The number of carboxylic acids is 1. The molecular formula is C11H12O2Se. The van der Waals surface area contributed by atoms with Crippen LogP contribution in [0.3, 0.4) is 0 Å². The van der Waals surface area contributed by atoms with Crippen LogP contribution in [-0.4, -0.2) is 26.0 Å². The molecule has 2 nitrogen and oxygen atoms in total. The Hall–Kier alpha value is -1.05. The summed E-state index contributed by atoms with van der Waals surface area (Å²) < 4.78 is 1.25. The van der Waals surface area contributed by atoms with Crippen LogP contribution < -0.4 is 4.46 Å². The Kier molecular flexibility index (Phi) is 3.93. The van der Waals surface area contributed by atoms with Gasteiger partial charge in [-0.15, -0.1) is 0 Å². The molecule has 3 heteroatoms. The fraction of sp³-hybridized carbons (Fsp3) is 0.182. The third-order valence-electron chi connectivity index (χ3n) is 1.87. The van der Waals surface area contributed by atoms with Gasteiger partial charge in [0, 0.05) is 0 Å². The van der Waals surface area contributed by atoms with E-state index in [1.54, 1.807) is 0 Å². The van der Waals surface area contributed by atoms with Crippen molar-refractivity contribution in [3.8, 4) is 0 Å². The quantitative estimate of drug-likeness (QED) is 0.657. The van der Waals surface area contributed by atoms with Crippen LogP contribution in [-0.2, 0) is 4.79 Å². The number of hydrogen-bond donors (Lipinski definition) is 1. The van der Waals surface area contributed by atoms with E-state index in [1.807, 2.05) is 25.1 Å². The van der Waals surface area contributed by atoms with Crippen molar-refractivity contribution < 1.29 is 9.90 Å². The number of allylic oxidation sites excluding steroid dienone is 1. The Balaban J connectivity index is 3.11. The van der Waals surface area contributed by atoms with Gasteiger partial charge in [-0.05, 0) is 0 Å². The van der Waals surface area contributed by atoms with Crippen LogP contribution >= 0.6 is 0 Å². The zero-order valence-corrected chi connectivity index (χ0v) is 9.86. The number of carboxylic acid groups (broad SMARTS) is 1. The van der Waals surface area contributed by atoms with Gasteiger partial charge in [0.2, 0.25) is 0 Å². The van der Waals surface area contributed by atoms with Gasteiger partial charge in [0.15, 0.2) is 0 Å². The summed E-state index contributed by atoms with van der Waals surface area (Å²) in [5.74, 6) is 1.24. The molecule has 74 valence electrons. The summed E-state index contributed by atoms with van der Waals surface area (Å²) >= 11 is 0.393. The summed E-state index contributed by atoms with van der Waals surface area (Å²) in [7, 11) is 0. The second-order valence-electron chi connectivity index (χ2n) is 2.87. The van der Waals surface area contributed by atoms with Crippen molar-refractivity contribution in [1.29, 1.82) is 0 Å². The Labute approximate surface area is 89.8 Å². The van der Waals surface area contributed by atoms with E-state index in [4.69, 9.17) is 5.11 Å². The maximum atomic E-state index is 10.5. The molecule has 0 aliphatic rings. The van der Waals surface area contributed by atoms with Gasteiger partial charge in [-0.3, -0.25) is 0 Å². The Bertz CT molecular complexity index is 369. The molecule has 0 bridgehead atoms. The average molecular weight is 255 g/mol. The van der Waals surface area contributed by atoms with Crippen LogP contribution in [0.25, 0.3) is 5.57 Å². The van der Waals surface area contributed by atoms with E-state index >= 15 is 0 Å². The van der Waals surface area contributed by atoms with Crippen LogP contribution in [0.4, 0.5) is 0 Å². The molecule has 0 unspecified atom stereocenters. The van der Waals surface area contributed by atoms with Crippen LogP contribution in [0.5, 0.6) is 0 Å². The van der Waals surface area contributed by atoms with E-state index in [1.165, 1.54) is 10.5 Å². The Morgan fingerprint density at radius 3 is 2.64 bits per heavy atom. The Morgan fingerprint density at radius 1 is 1.43 bits per heavy atom. The molecule has 0 atom stereocenters. The van der Waals surface area contributed by atoms with Gasteiger partial charge in [-0.1, -0.05) is 0 Å². The third-order valence-corrected chi connectivity index (χ3v) is 3.54. The maximum absolute atomic E-state index is 10.5. The predicted molar refractivity (Wildman–Crippen MR) is 59.0 cm³/mol. The van der Waals surface area contributed by atoms with Gasteiger partial charge in [0.05, 0.1) is 0 Å². The first-order chi connectivity index (χ1) is 6.65. The Morgan fingerprint density at radius 2 is 2.07 bits per heavy atom. The molecule has 0 aromatic heterocycles. The summed E-state index contributed by atoms with van der Waals surface area (Å²) in [5, 5.41) is 8.64.